The maximum atomic E-state index is 3.74. The number of hydrogen-bond donors (Lipinski definition) is 1. The van der Waals surface area contributed by atoms with E-state index >= 15 is 0 Å². The first-order valence-electron chi connectivity index (χ1n) is 6.37. The third-order valence-corrected chi connectivity index (χ3v) is 5.63. The zero-order chi connectivity index (χ0) is 10.3. The monoisotopic (exact) mass is 226 g/mol. The Balaban J connectivity index is 1.52. The van der Waals surface area contributed by atoms with E-state index in [4.69, 9.17) is 0 Å². The van der Waals surface area contributed by atoms with E-state index in [1.165, 1.54) is 43.7 Å². The summed E-state index contributed by atoms with van der Waals surface area (Å²) in [5.41, 5.74) is 0. The Bertz CT molecular complexity index is 228. The summed E-state index contributed by atoms with van der Waals surface area (Å²) in [6.07, 6.45) is 5.72. The topological polar surface area (TPSA) is 15.3 Å². The molecule has 0 radical (unpaired) electrons. The molecule has 0 aromatic carbocycles. The van der Waals surface area contributed by atoms with Crippen molar-refractivity contribution >= 4 is 11.8 Å². The van der Waals surface area contributed by atoms with Crippen LogP contribution in [0.4, 0.5) is 0 Å². The summed E-state index contributed by atoms with van der Waals surface area (Å²) in [5.74, 6) is 3.69. The van der Waals surface area contributed by atoms with Gasteiger partial charge in [0.15, 0.2) is 0 Å². The molecule has 0 saturated carbocycles. The molecule has 4 unspecified atom stereocenters. The van der Waals surface area contributed by atoms with Gasteiger partial charge in [0, 0.05) is 30.4 Å². The first kappa shape index (κ1) is 10.4. The van der Waals surface area contributed by atoms with Crippen LogP contribution in [0.1, 0.15) is 25.7 Å². The van der Waals surface area contributed by atoms with Crippen LogP contribution in [-0.2, 0) is 0 Å². The summed E-state index contributed by atoms with van der Waals surface area (Å²) < 4.78 is 0. The van der Waals surface area contributed by atoms with Crippen molar-refractivity contribution in [3.8, 4) is 0 Å². The van der Waals surface area contributed by atoms with Crippen molar-refractivity contribution in [2.24, 2.45) is 5.92 Å². The van der Waals surface area contributed by atoms with Crippen LogP contribution in [0.2, 0.25) is 0 Å². The van der Waals surface area contributed by atoms with Gasteiger partial charge in [-0.2, -0.15) is 11.8 Å². The molecular weight excluding hydrogens is 204 g/mol. The average Bonchev–Trinajstić information content (AvgIpc) is 2.95. The summed E-state index contributed by atoms with van der Waals surface area (Å²) in [5, 5.41) is 3.74. The molecule has 15 heavy (non-hydrogen) atoms. The van der Waals surface area contributed by atoms with Crippen molar-refractivity contribution in [3.05, 3.63) is 0 Å². The van der Waals surface area contributed by atoms with Crippen molar-refractivity contribution in [1.29, 1.82) is 0 Å². The fraction of sp³-hybridized carbons (Fsp3) is 1.00. The summed E-state index contributed by atoms with van der Waals surface area (Å²) >= 11 is 2.13. The number of hydrogen-bond acceptors (Lipinski definition) is 3. The van der Waals surface area contributed by atoms with Crippen molar-refractivity contribution < 1.29 is 0 Å². The quantitative estimate of drug-likeness (QED) is 0.786. The van der Waals surface area contributed by atoms with Gasteiger partial charge in [-0.1, -0.05) is 0 Å². The molecule has 3 heteroatoms. The van der Waals surface area contributed by atoms with E-state index in [1.54, 1.807) is 0 Å². The Labute approximate surface area is 97.2 Å². The normalized spacial score (nSPS) is 44.4. The van der Waals surface area contributed by atoms with Crippen LogP contribution in [0.5, 0.6) is 0 Å². The molecule has 2 bridgehead atoms. The van der Waals surface area contributed by atoms with E-state index in [2.05, 4.69) is 29.0 Å². The van der Waals surface area contributed by atoms with Gasteiger partial charge in [-0.25, -0.2) is 0 Å². The number of nitrogens with zero attached hydrogens (tertiary/aromatic N) is 1. The van der Waals surface area contributed by atoms with Crippen molar-refractivity contribution in [3.63, 3.8) is 0 Å². The van der Waals surface area contributed by atoms with E-state index in [9.17, 15) is 0 Å². The van der Waals surface area contributed by atoms with Crippen LogP contribution in [0, 0.1) is 5.92 Å². The molecule has 0 aliphatic carbocycles. The van der Waals surface area contributed by atoms with Gasteiger partial charge in [-0.15, -0.1) is 0 Å². The minimum Gasteiger partial charge on any atom is -0.311 e. The van der Waals surface area contributed by atoms with Crippen LogP contribution >= 0.6 is 11.8 Å². The highest BCUT2D eigenvalue weighted by Crippen LogP contribution is 2.34. The molecule has 86 valence electrons. The molecule has 3 heterocycles. The van der Waals surface area contributed by atoms with Gasteiger partial charge in [0.2, 0.25) is 0 Å². The zero-order valence-corrected chi connectivity index (χ0v) is 10.4. The molecule has 3 rings (SSSR count). The Kier molecular flexibility index (Phi) is 2.97. The van der Waals surface area contributed by atoms with Gasteiger partial charge in [0.25, 0.3) is 0 Å². The summed E-state index contributed by atoms with van der Waals surface area (Å²) in [6, 6.07) is 2.59. The van der Waals surface area contributed by atoms with E-state index in [1.807, 2.05) is 0 Å². The minimum atomic E-state index is 0.853. The first-order chi connectivity index (χ1) is 7.33. The number of thioether (sulfide) groups is 1. The van der Waals surface area contributed by atoms with E-state index in [0.29, 0.717) is 0 Å². The third kappa shape index (κ3) is 2.06. The molecule has 3 aliphatic heterocycles. The molecule has 0 aromatic heterocycles. The fourth-order valence-electron chi connectivity index (χ4n) is 3.53. The molecule has 2 nitrogen and oxygen atoms in total. The molecule has 4 atom stereocenters. The smallest absolute Gasteiger partial charge is 0.0191 e. The van der Waals surface area contributed by atoms with Gasteiger partial charge < -0.3 is 10.2 Å². The number of rotatable bonds is 3. The lowest BCUT2D eigenvalue weighted by molar-refractivity contribution is 0.204. The fourth-order valence-corrected chi connectivity index (χ4v) is 4.83. The maximum absolute atomic E-state index is 3.74. The highest BCUT2D eigenvalue weighted by Gasteiger charge is 2.39. The highest BCUT2D eigenvalue weighted by molar-refractivity contribution is 7.99. The lowest BCUT2D eigenvalue weighted by Crippen LogP contribution is -2.39. The number of nitrogens with one attached hydrogen (secondary N) is 1. The molecule has 3 fully saturated rings. The largest absolute Gasteiger partial charge is 0.311 e. The van der Waals surface area contributed by atoms with Gasteiger partial charge in [-0.3, -0.25) is 0 Å². The van der Waals surface area contributed by atoms with E-state index in [0.717, 1.165) is 24.0 Å². The molecule has 3 aliphatic rings. The Morgan fingerprint density at radius 1 is 1.33 bits per heavy atom. The van der Waals surface area contributed by atoms with Gasteiger partial charge in [0.1, 0.15) is 0 Å². The SMILES string of the molecule is CN(CC1CC2CCC1N2)C1CCSC1. The first-order valence-corrected chi connectivity index (χ1v) is 7.52. The van der Waals surface area contributed by atoms with Gasteiger partial charge >= 0.3 is 0 Å². The van der Waals surface area contributed by atoms with Gasteiger partial charge in [0.05, 0.1) is 0 Å². The van der Waals surface area contributed by atoms with Crippen LogP contribution < -0.4 is 5.32 Å². The molecular formula is C12H22N2S. The standard InChI is InChI=1S/C12H22N2S/c1-14(11-4-5-15-8-11)7-9-6-10-2-3-12(9)13-10/h9-13H,2-8H2,1H3. The summed E-state index contributed by atoms with van der Waals surface area (Å²) in [6.45, 7) is 1.33. The van der Waals surface area contributed by atoms with Crippen LogP contribution in [0.15, 0.2) is 0 Å². The number of fused-ring (bicyclic) bond motifs is 2. The van der Waals surface area contributed by atoms with Crippen LogP contribution in [0.3, 0.4) is 0 Å². The maximum Gasteiger partial charge on any atom is 0.0191 e. The van der Waals surface area contributed by atoms with Gasteiger partial charge in [-0.05, 0) is 44.4 Å². The van der Waals surface area contributed by atoms with Crippen LogP contribution in [0.25, 0.3) is 0 Å². The average molecular weight is 226 g/mol. The van der Waals surface area contributed by atoms with Crippen molar-refractivity contribution in [2.45, 2.75) is 43.8 Å². The summed E-state index contributed by atoms with van der Waals surface area (Å²) in [4.78, 5) is 2.63. The zero-order valence-electron chi connectivity index (χ0n) is 9.61. The third-order valence-electron chi connectivity index (χ3n) is 4.48. The second-order valence-electron chi connectivity index (χ2n) is 5.50. The molecule has 0 aromatic rings. The minimum absolute atomic E-state index is 0.853. The molecule has 0 amide bonds. The molecule has 1 N–H and O–H groups in total. The Morgan fingerprint density at radius 2 is 2.27 bits per heavy atom. The Morgan fingerprint density at radius 3 is 2.87 bits per heavy atom. The predicted molar refractivity (Wildman–Crippen MR) is 66.4 cm³/mol. The second kappa shape index (κ2) is 4.27. The lowest BCUT2D eigenvalue weighted by atomic mass is 9.88. The lowest BCUT2D eigenvalue weighted by Gasteiger charge is -2.29. The predicted octanol–water partition coefficient (Wildman–Crippen LogP) is 1.56. The van der Waals surface area contributed by atoms with E-state index < -0.39 is 0 Å². The second-order valence-corrected chi connectivity index (χ2v) is 6.65. The van der Waals surface area contributed by atoms with Crippen LogP contribution in [-0.4, -0.2) is 48.1 Å². The van der Waals surface area contributed by atoms with Crippen molar-refractivity contribution in [2.75, 3.05) is 25.1 Å². The Hall–Kier alpha value is 0.270. The molecule has 3 saturated heterocycles. The highest BCUT2D eigenvalue weighted by atomic mass is 32.2. The summed E-state index contributed by atoms with van der Waals surface area (Å²) in [7, 11) is 2.34. The van der Waals surface area contributed by atoms with Crippen molar-refractivity contribution in [1.82, 2.24) is 10.2 Å². The molecule has 0 spiro atoms. The van der Waals surface area contributed by atoms with E-state index in [-0.39, 0.29) is 0 Å².